The number of aromatic nitrogens is 2. The standard InChI is InChI=1S/C25H29F2N3O4/c1-14-9-16(13-25(2,3)12-14)30-20-11-21(33-4)18(22(31)32)10-19(20)29-24(30)28-15-5-7-17(8-6-15)34-23(26)27/h5-8,10-11,14,16,23H,9,12-13H2,1-4H3,(H,28,29)(H,31,32)/t14-,16+/m1/s1. The van der Waals surface area contributed by atoms with Gasteiger partial charge < -0.3 is 24.5 Å². The third kappa shape index (κ3) is 4.93. The lowest BCUT2D eigenvalue weighted by Crippen LogP contribution is -2.29. The molecule has 0 amide bonds. The molecule has 4 rings (SSSR count). The minimum atomic E-state index is -2.89. The van der Waals surface area contributed by atoms with Crippen LogP contribution in [0.4, 0.5) is 20.4 Å². The molecule has 1 aliphatic rings. The number of benzene rings is 2. The van der Waals surface area contributed by atoms with Crippen molar-refractivity contribution in [3.8, 4) is 11.5 Å². The molecular weight excluding hydrogens is 444 g/mol. The van der Waals surface area contributed by atoms with E-state index in [1.165, 1.54) is 25.3 Å². The van der Waals surface area contributed by atoms with E-state index in [-0.39, 0.29) is 28.5 Å². The van der Waals surface area contributed by atoms with Gasteiger partial charge in [0.1, 0.15) is 17.1 Å². The Hall–Kier alpha value is -3.36. The number of halogens is 2. The van der Waals surface area contributed by atoms with Crippen molar-refractivity contribution in [1.82, 2.24) is 9.55 Å². The molecule has 2 N–H and O–H groups in total. The van der Waals surface area contributed by atoms with Crippen LogP contribution in [0.3, 0.4) is 0 Å². The molecule has 7 nitrogen and oxygen atoms in total. The second-order valence-electron chi connectivity index (χ2n) is 9.75. The molecular formula is C25H29F2N3O4. The second-order valence-corrected chi connectivity index (χ2v) is 9.75. The number of methoxy groups -OCH3 is 1. The molecule has 2 atom stereocenters. The molecule has 0 spiro atoms. The Balaban J connectivity index is 1.81. The van der Waals surface area contributed by atoms with E-state index >= 15 is 0 Å². The zero-order valence-electron chi connectivity index (χ0n) is 19.6. The van der Waals surface area contributed by atoms with E-state index in [1.807, 2.05) is 0 Å². The van der Waals surface area contributed by atoms with Crippen LogP contribution < -0.4 is 14.8 Å². The molecule has 1 aromatic heterocycles. The van der Waals surface area contributed by atoms with Crippen molar-refractivity contribution in [2.24, 2.45) is 11.3 Å². The van der Waals surface area contributed by atoms with E-state index in [2.05, 4.69) is 35.4 Å². The summed E-state index contributed by atoms with van der Waals surface area (Å²) >= 11 is 0. The Kier molecular flexibility index (Phi) is 6.38. The van der Waals surface area contributed by atoms with Crippen molar-refractivity contribution in [2.45, 2.75) is 52.7 Å². The Bertz CT molecular complexity index is 1190. The Morgan fingerprint density at radius 1 is 1.24 bits per heavy atom. The number of imidazole rings is 1. The SMILES string of the molecule is COc1cc2c(cc1C(=O)O)nc(Nc1ccc(OC(F)F)cc1)n2[C@H]1C[C@@H](C)CC(C)(C)C1. The highest BCUT2D eigenvalue weighted by atomic mass is 19.3. The number of aromatic carboxylic acids is 1. The van der Waals surface area contributed by atoms with E-state index in [0.29, 0.717) is 23.1 Å². The summed E-state index contributed by atoms with van der Waals surface area (Å²) in [7, 11) is 1.45. The molecule has 0 radical (unpaired) electrons. The monoisotopic (exact) mass is 473 g/mol. The number of hydrogen-bond acceptors (Lipinski definition) is 5. The number of hydrogen-bond donors (Lipinski definition) is 2. The maximum Gasteiger partial charge on any atom is 0.387 e. The highest BCUT2D eigenvalue weighted by Crippen LogP contribution is 2.46. The summed E-state index contributed by atoms with van der Waals surface area (Å²) < 4.78 is 36.9. The van der Waals surface area contributed by atoms with Crippen LogP contribution in [0, 0.1) is 11.3 Å². The van der Waals surface area contributed by atoms with Crippen molar-refractivity contribution in [3.63, 3.8) is 0 Å². The zero-order valence-corrected chi connectivity index (χ0v) is 19.6. The van der Waals surface area contributed by atoms with Crippen LogP contribution >= 0.6 is 0 Å². The van der Waals surface area contributed by atoms with Gasteiger partial charge in [-0.3, -0.25) is 0 Å². The predicted molar refractivity (Wildman–Crippen MR) is 125 cm³/mol. The first kappa shape index (κ1) is 23.8. The van der Waals surface area contributed by atoms with Gasteiger partial charge in [0.15, 0.2) is 0 Å². The molecule has 1 saturated carbocycles. The van der Waals surface area contributed by atoms with E-state index < -0.39 is 12.6 Å². The zero-order chi connectivity index (χ0) is 24.6. The molecule has 1 heterocycles. The second kappa shape index (κ2) is 9.12. The summed E-state index contributed by atoms with van der Waals surface area (Å²) in [4.78, 5) is 16.5. The highest BCUT2D eigenvalue weighted by Gasteiger charge is 2.35. The van der Waals surface area contributed by atoms with Crippen molar-refractivity contribution in [2.75, 3.05) is 12.4 Å². The van der Waals surface area contributed by atoms with Crippen molar-refractivity contribution < 1.29 is 28.2 Å². The normalized spacial score (nSPS) is 19.9. The van der Waals surface area contributed by atoms with E-state index in [9.17, 15) is 18.7 Å². The fourth-order valence-electron chi connectivity index (χ4n) is 5.26. The van der Waals surface area contributed by atoms with Gasteiger partial charge >= 0.3 is 12.6 Å². The molecule has 34 heavy (non-hydrogen) atoms. The van der Waals surface area contributed by atoms with Crippen LogP contribution in [0.5, 0.6) is 11.5 Å². The molecule has 182 valence electrons. The average molecular weight is 474 g/mol. The lowest BCUT2D eigenvalue weighted by molar-refractivity contribution is -0.0498. The number of carbonyl (C=O) groups is 1. The van der Waals surface area contributed by atoms with Crippen LogP contribution in [0.2, 0.25) is 0 Å². The number of fused-ring (bicyclic) bond motifs is 1. The fourth-order valence-corrected chi connectivity index (χ4v) is 5.26. The quantitative estimate of drug-likeness (QED) is 0.409. The third-order valence-electron chi connectivity index (χ3n) is 6.31. The number of carboxylic acid groups (broad SMARTS) is 1. The summed E-state index contributed by atoms with van der Waals surface area (Å²) in [5.41, 5.74) is 2.13. The van der Waals surface area contributed by atoms with Crippen molar-refractivity contribution >= 4 is 28.6 Å². The first-order chi connectivity index (χ1) is 16.1. The molecule has 0 bridgehead atoms. The van der Waals surface area contributed by atoms with Crippen LogP contribution in [-0.4, -0.2) is 34.3 Å². The topological polar surface area (TPSA) is 85.6 Å². The summed E-state index contributed by atoms with van der Waals surface area (Å²) in [5.74, 6) is 0.295. The lowest BCUT2D eigenvalue weighted by atomic mass is 9.70. The first-order valence-electron chi connectivity index (χ1n) is 11.2. The number of nitrogens with zero attached hydrogens (tertiary/aromatic N) is 2. The summed E-state index contributed by atoms with van der Waals surface area (Å²) in [6, 6.07) is 9.57. The van der Waals surface area contributed by atoms with E-state index in [0.717, 1.165) is 24.8 Å². The number of alkyl halides is 2. The maximum atomic E-state index is 12.5. The molecule has 9 heteroatoms. The van der Waals surface area contributed by atoms with Crippen molar-refractivity contribution in [1.29, 1.82) is 0 Å². The van der Waals surface area contributed by atoms with E-state index in [1.54, 1.807) is 18.2 Å². The number of rotatable bonds is 7. The summed E-state index contributed by atoms with van der Waals surface area (Å²) in [6.45, 7) is 3.86. The number of ether oxygens (including phenoxy) is 2. The lowest BCUT2D eigenvalue weighted by Gasteiger charge is -2.40. The van der Waals surface area contributed by atoms with Gasteiger partial charge in [0.2, 0.25) is 5.95 Å². The van der Waals surface area contributed by atoms with Gasteiger partial charge in [-0.05, 0) is 60.9 Å². The molecule has 2 aromatic carbocycles. The summed E-state index contributed by atoms with van der Waals surface area (Å²) in [5, 5.41) is 12.9. The van der Waals surface area contributed by atoms with Gasteiger partial charge in [0, 0.05) is 17.8 Å². The molecule has 0 aliphatic heterocycles. The Labute approximate surface area is 196 Å². The number of carboxylic acids is 1. The van der Waals surface area contributed by atoms with Gasteiger partial charge in [-0.2, -0.15) is 8.78 Å². The number of anilines is 2. The maximum absolute atomic E-state index is 12.5. The average Bonchev–Trinajstić information content (AvgIpc) is 3.09. The molecule has 1 aliphatic carbocycles. The van der Waals surface area contributed by atoms with Crippen LogP contribution in [0.25, 0.3) is 11.0 Å². The van der Waals surface area contributed by atoms with Crippen LogP contribution in [0.1, 0.15) is 56.4 Å². The van der Waals surface area contributed by atoms with Gasteiger partial charge in [-0.15, -0.1) is 0 Å². The predicted octanol–water partition coefficient (Wildman–Crippen LogP) is 6.48. The fraction of sp³-hybridized carbons (Fsp3) is 0.440. The Morgan fingerprint density at radius 2 is 1.94 bits per heavy atom. The van der Waals surface area contributed by atoms with Crippen LogP contribution in [0.15, 0.2) is 36.4 Å². The number of nitrogens with one attached hydrogen (secondary N) is 1. The minimum absolute atomic E-state index is 0.0389. The van der Waals surface area contributed by atoms with Gasteiger partial charge in [-0.1, -0.05) is 20.8 Å². The molecule has 0 saturated heterocycles. The Morgan fingerprint density at radius 3 is 2.53 bits per heavy atom. The first-order valence-corrected chi connectivity index (χ1v) is 11.2. The van der Waals surface area contributed by atoms with Gasteiger partial charge in [0.05, 0.1) is 18.1 Å². The van der Waals surface area contributed by atoms with Crippen LogP contribution in [-0.2, 0) is 0 Å². The van der Waals surface area contributed by atoms with Gasteiger partial charge in [0.25, 0.3) is 0 Å². The van der Waals surface area contributed by atoms with E-state index in [4.69, 9.17) is 9.72 Å². The smallest absolute Gasteiger partial charge is 0.387 e. The minimum Gasteiger partial charge on any atom is -0.496 e. The largest absolute Gasteiger partial charge is 0.496 e. The highest BCUT2D eigenvalue weighted by molar-refractivity contribution is 5.96. The van der Waals surface area contributed by atoms with Crippen molar-refractivity contribution in [3.05, 3.63) is 42.0 Å². The van der Waals surface area contributed by atoms with Gasteiger partial charge in [-0.25, -0.2) is 9.78 Å². The summed E-state index contributed by atoms with van der Waals surface area (Å²) in [6.07, 6.45) is 3.01. The third-order valence-corrected chi connectivity index (χ3v) is 6.31. The molecule has 3 aromatic rings. The molecule has 1 fully saturated rings. The molecule has 0 unspecified atom stereocenters.